The van der Waals surface area contributed by atoms with E-state index in [0.29, 0.717) is 6.04 Å². The summed E-state index contributed by atoms with van der Waals surface area (Å²) < 4.78 is 0. The molecule has 0 spiro atoms. The fourth-order valence-electron chi connectivity index (χ4n) is 3.02. The van der Waals surface area contributed by atoms with Crippen molar-refractivity contribution in [2.45, 2.75) is 39.2 Å². The maximum Gasteiger partial charge on any atom is 0.00680 e. The molecule has 1 unspecified atom stereocenters. The third-order valence-corrected chi connectivity index (χ3v) is 4.59. The summed E-state index contributed by atoms with van der Waals surface area (Å²) in [6.07, 6.45) is 3.83. The molecule has 2 heteroatoms. The second-order valence-corrected chi connectivity index (χ2v) is 6.06. The van der Waals surface area contributed by atoms with Crippen LogP contribution in [0.1, 0.15) is 30.9 Å². The number of nitrogens with zero attached hydrogens (tertiary/aromatic N) is 1. The van der Waals surface area contributed by atoms with Gasteiger partial charge in [-0.3, -0.25) is 0 Å². The van der Waals surface area contributed by atoms with Gasteiger partial charge >= 0.3 is 0 Å². The summed E-state index contributed by atoms with van der Waals surface area (Å²) in [6, 6.07) is 9.36. The fraction of sp³-hybridized carbons (Fsp3) is 0.647. The summed E-state index contributed by atoms with van der Waals surface area (Å²) in [4.78, 5) is 2.44. The van der Waals surface area contributed by atoms with Gasteiger partial charge < -0.3 is 10.2 Å². The fourth-order valence-corrected chi connectivity index (χ4v) is 3.02. The first kappa shape index (κ1) is 14.5. The second kappa shape index (κ2) is 7.06. The van der Waals surface area contributed by atoms with E-state index < -0.39 is 0 Å². The molecule has 0 aromatic heterocycles. The van der Waals surface area contributed by atoms with Crippen LogP contribution in [-0.4, -0.2) is 37.6 Å². The molecule has 1 aliphatic heterocycles. The molecule has 1 heterocycles. The zero-order chi connectivity index (χ0) is 13.7. The lowest BCUT2D eigenvalue weighted by atomic mass is 9.90. The maximum atomic E-state index is 3.72. The van der Waals surface area contributed by atoms with Gasteiger partial charge in [-0.2, -0.15) is 0 Å². The lowest BCUT2D eigenvalue weighted by Gasteiger charge is -2.33. The van der Waals surface area contributed by atoms with Crippen molar-refractivity contribution in [3.8, 4) is 0 Å². The Morgan fingerprint density at radius 2 is 1.95 bits per heavy atom. The Kier molecular flexibility index (Phi) is 5.41. The first-order valence-electron chi connectivity index (χ1n) is 7.63. The summed E-state index contributed by atoms with van der Waals surface area (Å²) in [7, 11) is 2.23. The molecule has 0 bridgehead atoms. The molecule has 1 saturated heterocycles. The molecule has 2 nitrogen and oxygen atoms in total. The molecule has 1 atom stereocenters. The van der Waals surface area contributed by atoms with Crippen molar-refractivity contribution in [2.75, 3.05) is 26.7 Å². The number of piperidine rings is 1. The summed E-state index contributed by atoms with van der Waals surface area (Å²) in [5, 5.41) is 3.72. The number of hydrogen-bond donors (Lipinski definition) is 1. The van der Waals surface area contributed by atoms with Crippen molar-refractivity contribution in [2.24, 2.45) is 5.92 Å². The van der Waals surface area contributed by atoms with Crippen LogP contribution >= 0.6 is 0 Å². The molecule has 1 aromatic carbocycles. The van der Waals surface area contributed by atoms with Gasteiger partial charge in [0.25, 0.3) is 0 Å². The standard InChI is InChI=1S/C17H28N2/c1-14-6-4-5-7-16(14)8-11-18-15(2)17-9-12-19(3)13-10-17/h4-7,15,17-18H,8-13H2,1-3H3. The van der Waals surface area contributed by atoms with E-state index in [2.05, 4.69) is 55.4 Å². The lowest BCUT2D eigenvalue weighted by Crippen LogP contribution is -2.41. The minimum atomic E-state index is 0.651. The largest absolute Gasteiger partial charge is 0.314 e. The van der Waals surface area contributed by atoms with Crippen molar-refractivity contribution >= 4 is 0 Å². The van der Waals surface area contributed by atoms with Crippen LogP contribution in [0, 0.1) is 12.8 Å². The second-order valence-electron chi connectivity index (χ2n) is 6.06. The molecule has 106 valence electrons. The Balaban J connectivity index is 1.72. The van der Waals surface area contributed by atoms with Crippen LogP contribution in [0.3, 0.4) is 0 Å². The van der Waals surface area contributed by atoms with E-state index in [4.69, 9.17) is 0 Å². The van der Waals surface area contributed by atoms with Crippen molar-refractivity contribution in [1.82, 2.24) is 10.2 Å². The average Bonchev–Trinajstić information content (AvgIpc) is 2.41. The third kappa shape index (κ3) is 4.32. The minimum Gasteiger partial charge on any atom is -0.314 e. The zero-order valence-corrected chi connectivity index (χ0v) is 12.7. The van der Waals surface area contributed by atoms with Crippen molar-refractivity contribution in [3.05, 3.63) is 35.4 Å². The van der Waals surface area contributed by atoms with Gasteiger partial charge in [0, 0.05) is 6.04 Å². The number of hydrogen-bond acceptors (Lipinski definition) is 2. The van der Waals surface area contributed by atoms with Gasteiger partial charge in [0.2, 0.25) is 0 Å². The molecule has 1 aromatic rings. The van der Waals surface area contributed by atoms with Gasteiger partial charge in [-0.25, -0.2) is 0 Å². The van der Waals surface area contributed by atoms with E-state index in [0.717, 1.165) is 18.9 Å². The van der Waals surface area contributed by atoms with Crippen LogP contribution in [-0.2, 0) is 6.42 Å². The Bertz CT molecular complexity index is 381. The average molecular weight is 260 g/mol. The number of rotatable bonds is 5. The van der Waals surface area contributed by atoms with Crippen molar-refractivity contribution < 1.29 is 0 Å². The van der Waals surface area contributed by atoms with Gasteiger partial charge in [0.05, 0.1) is 0 Å². The molecular weight excluding hydrogens is 232 g/mol. The monoisotopic (exact) mass is 260 g/mol. The first-order chi connectivity index (χ1) is 9.16. The maximum absolute atomic E-state index is 3.72. The van der Waals surface area contributed by atoms with Gasteiger partial charge in [-0.05, 0) is 76.8 Å². The summed E-state index contributed by atoms with van der Waals surface area (Å²) in [5.41, 5.74) is 2.89. The molecule has 0 aliphatic carbocycles. The first-order valence-corrected chi connectivity index (χ1v) is 7.63. The van der Waals surface area contributed by atoms with Crippen molar-refractivity contribution in [1.29, 1.82) is 0 Å². The van der Waals surface area contributed by atoms with Crippen LogP contribution in [0.4, 0.5) is 0 Å². The van der Waals surface area contributed by atoms with Crippen LogP contribution in [0.15, 0.2) is 24.3 Å². The van der Waals surface area contributed by atoms with Crippen LogP contribution in [0.2, 0.25) is 0 Å². The van der Waals surface area contributed by atoms with Gasteiger partial charge in [-0.1, -0.05) is 24.3 Å². The van der Waals surface area contributed by atoms with Crippen LogP contribution in [0.5, 0.6) is 0 Å². The smallest absolute Gasteiger partial charge is 0.00680 e. The lowest BCUT2D eigenvalue weighted by molar-refractivity contribution is 0.190. The molecule has 1 N–H and O–H groups in total. The number of likely N-dealkylation sites (tertiary alicyclic amines) is 1. The molecular formula is C17H28N2. The predicted molar refractivity (Wildman–Crippen MR) is 82.6 cm³/mol. The Morgan fingerprint density at radius 3 is 2.63 bits per heavy atom. The van der Waals surface area contributed by atoms with E-state index >= 15 is 0 Å². The van der Waals surface area contributed by atoms with Crippen LogP contribution < -0.4 is 5.32 Å². The molecule has 1 aliphatic rings. The number of nitrogens with one attached hydrogen (secondary N) is 1. The Labute approximate surface area is 118 Å². The van der Waals surface area contributed by atoms with Gasteiger partial charge in [-0.15, -0.1) is 0 Å². The van der Waals surface area contributed by atoms with E-state index in [1.165, 1.54) is 37.1 Å². The molecule has 0 amide bonds. The highest BCUT2D eigenvalue weighted by molar-refractivity contribution is 5.25. The summed E-state index contributed by atoms with van der Waals surface area (Å²) >= 11 is 0. The van der Waals surface area contributed by atoms with Gasteiger partial charge in [0.15, 0.2) is 0 Å². The quantitative estimate of drug-likeness (QED) is 0.876. The number of benzene rings is 1. The van der Waals surface area contributed by atoms with Gasteiger partial charge in [0.1, 0.15) is 0 Å². The topological polar surface area (TPSA) is 15.3 Å². The predicted octanol–water partition coefficient (Wildman–Crippen LogP) is 2.86. The highest BCUT2D eigenvalue weighted by Crippen LogP contribution is 2.19. The van der Waals surface area contributed by atoms with Crippen LogP contribution in [0.25, 0.3) is 0 Å². The molecule has 0 radical (unpaired) electrons. The molecule has 0 saturated carbocycles. The Hall–Kier alpha value is -0.860. The zero-order valence-electron chi connectivity index (χ0n) is 12.7. The number of aryl methyl sites for hydroxylation is 1. The molecule has 2 rings (SSSR count). The third-order valence-electron chi connectivity index (χ3n) is 4.59. The van der Waals surface area contributed by atoms with E-state index in [1.54, 1.807) is 0 Å². The normalized spacial score (nSPS) is 19.5. The Morgan fingerprint density at radius 1 is 1.26 bits per heavy atom. The summed E-state index contributed by atoms with van der Waals surface area (Å²) in [6.45, 7) is 8.17. The van der Waals surface area contributed by atoms with E-state index in [1.807, 2.05) is 0 Å². The highest BCUT2D eigenvalue weighted by Gasteiger charge is 2.21. The highest BCUT2D eigenvalue weighted by atomic mass is 15.1. The van der Waals surface area contributed by atoms with E-state index in [9.17, 15) is 0 Å². The van der Waals surface area contributed by atoms with Crippen molar-refractivity contribution in [3.63, 3.8) is 0 Å². The minimum absolute atomic E-state index is 0.651. The van der Waals surface area contributed by atoms with E-state index in [-0.39, 0.29) is 0 Å². The summed E-state index contributed by atoms with van der Waals surface area (Å²) in [5.74, 6) is 0.855. The molecule has 1 fully saturated rings. The molecule has 19 heavy (non-hydrogen) atoms. The SMILES string of the molecule is Cc1ccccc1CCNC(C)C1CCN(C)CC1.